The van der Waals surface area contributed by atoms with Gasteiger partial charge < -0.3 is 0 Å². The Morgan fingerprint density at radius 1 is 0.294 bits per heavy atom. The molecule has 1 aliphatic carbocycles. The molecule has 0 nitrogen and oxygen atoms in total. The second-order valence-electron chi connectivity index (χ2n) is 13.6. The lowest BCUT2D eigenvalue weighted by Crippen LogP contribution is -2.28. The van der Waals surface area contributed by atoms with Crippen LogP contribution in [-0.2, 0) is 5.41 Å². The van der Waals surface area contributed by atoms with Crippen LogP contribution >= 0.6 is 22.7 Å². The number of hydrogen-bond donors (Lipinski definition) is 0. The van der Waals surface area contributed by atoms with Crippen molar-refractivity contribution >= 4 is 63.0 Å². The van der Waals surface area contributed by atoms with Gasteiger partial charge in [-0.3, -0.25) is 0 Å². The number of fused-ring (bicyclic) bond motifs is 9. The molecule has 0 unspecified atom stereocenters. The SMILES string of the molecule is c1ccc(C2(c3ccccc3)c3cc(-c4ccc5sc6ccccc6c5c4)ccc3-c3ccc(-c4ccc5sc6ccccc6c5c4)cc32)cc1. The fraction of sp³-hybridized carbons (Fsp3) is 0.0204. The lowest BCUT2D eigenvalue weighted by Gasteiger charge is -2.34. The van der Waals surface area contributed by atoms with E-state index in [2.05, 4.69) is 182 Å². The van der Waals surface area contributed by atoms with Crippen molar-refractivity contribution in [3.05, 3.63) is 204 Å². The van der Waals surface area contributed by atoms with Gasteiger partial charge in [0.2, 0.25) is 0 Å². The van der Waals surface area contributed by atoms with Crippen LogP contribution in [-0.4, -0.2) is 0 Å². The second kappa shape index (κ2) is 11.1. The topological polar surface area (TPSA) is 0 Å². The first kappa shape index (κ1) is 29.0. The Balaban J connectivity index is 1.16. The highest BCUT2D eigenvalue weighted by atomic mass is 32.1. The zero-order chi connectivity index (χ0) is 33.5. The van der Waals surface area contributed by atoms with Crippen LogP contribution in [0.25, 0.3) is 73.7 Å². The zero-order valence-corrected chi connectivity index (χ0v) is 29.3. The van der Waals surface area contributed by atoms with Gasteiger partial charge in [0.25, 0.3) is 0 Å². The fourth-order valence-corrected chi connectivity index (χ4v) is 10.8. The summed E-state index contributed by atoms with van der Waals surface area (Å²) in [6.07, 6.45) is 0. The molecule has 1 aliphatic rings. The number of thiophene rings is 2. The summed E-state index contributed by atoms with van der Waals surface area (Å²) in [6, 6.07) is 68.2. The molecule has 0 N–H and O–H groups in total. The van der Waals surface area contributed by atoms with Crippen LogP contribution in [0.4, 0.5) is 0 Å². The minimum Gasteiger partial charge on any atom is -0.135 e. The monoisotopic (exact) mass is 682 g/mol. The van der Waals surface area contributed by atoms with Crippen molar-refractivity contribution in [2.24, 2.45) is 0 Å². The maximum absolute atomic E-state index is 2.48. The standard InChI is InChI=1S/C49H30S2/c1-3-11-35(12-4-1)49(36-13-5-2-6-14-36)43-29-33(31-21-25-47-41(27-31)39-15-7-9-17-45(39)50-47)19-23-37(43)38-24-20-34(30-44(38)49)32-22-26-48-42(28-32)40-16-8-10-18-46(40)51-48/h1-30H. The van der Waals surface area contributed by atoms with E-state index in [1.54, 1.807) is 0 Å². The van der Waals surface area contributed by atoms with Crippen LogP contribution in [0.1, 0.15) is 22.3 Å². The van der Waals surface area contributed by atoms with Crippen molar-refractivity contribution in [3.63, 3.8) is 0 Å². The van der Waals surface area contributed by atoms with Gasteiger partial charge in [-0.15, -0.1) is 22.7 Å². The Morgan fingerprint density at radius 2 is 0.667 bits per heavy atom. The Labute approximate surface area is 304 Å². The summed E-state index contributed by atoms with van der Waals surface area (Å²) in [5.41, 5.74) is 12.3. The first-order chi connectivity index (χ1) is 25.3. The van der Waals surface area contributed by atoms with Crippen LogP contribution < -0.4 is 0 Å². The van der Waals surface area contributed by atoms with E-state index in [0.717, 1.165) is 0 Å². The molecule has 0 saturated carbocycles. The highest BCUT2D eigenvalue weighted by molar-refractivity contribution is 7.26. The van der Waals surface area contributed by atoms with E-state index < -0.39 is 5.41 Å². The predicted molar refractivity (Wildman–Crippen MR) is 220 cm³/mol. The fourth-order valence-electron chi connectivity index (χ4n) is 8.66. The molecule has 2 heteroatoms. The van der Waals surface area contributed by atoms with Gasteiger partial charge in [0, 0.05) is 40.3 Å². The van der Waals surface area contributed by atoms with E-state index in [1.165, 1.54) is 96.0 Å². The first-order valence-electron chi connectivity index (χ1n) is 17.5. The van der Waals surface area contributed by atoms with Crippen LogP contribution in [0, 0.1) is 0 Å². The van der Waals surface area contributed by atoms with Gasteiger partial charge in [-0.25, -0.2) is 0 Å². The Kier molecular flexibility index (Phi) is 6.31. The summed E-state index contributed by atoms with van der Waals surface area (Å²) in [5.74, 6) is 0. The smallest absolute Gasteiger partial charge is 0.0713 e. The summed E-state index contributed by atoms with van der Waals surface area (Å²) in [4.78, 5) is 0. The molecule has 0 radical (unpaired) electrons. The highest BCUT2D eigenvalue weighted by Crippen LogP contribution is 2.57. The average Bonchev–Trinajstić information content (AvgIpc) is 3.85. The van der Waals surface area contributed by atoms with E-state index in [-0.39, 0.29) is 0 Å². The van der Waals surface area contributed by atoms with Gasteiger partial charge in [0.15, 0.2) is 0 Å². The number of benzene rings is 8. The predicted octanol–water partition coefficient (Wildman–Crippen LogP) is 14.1. The number of rotatable bonds is 4. The third-order valence-corrected chi connectivity index (χ3v) is 13.3. The van der Waals surface area contributed by atoms with Crippen molar-refractivity contribution in [1.82, 2.24) is 0 Å². The summed E-state index contributed by atoms with van der Waals surface area (Å²) < 4.78 is 5.34. The van der Waals surface area contributed by atoms with Gasteiger partial charge >= 0.3 is 0 Å². The molecule has 11 rings (SSSR count). The zero-order valence-electron chi connectivity index (χ0n) is 27.6. The van der Waals surface area contributed by atoms with Gasteiger partial charge in [0.1, 0.15) is 0 Å². The molecule has 0 fully saturated rings. The number of hydrogen-bond acceptors (Lipinski definition) is 2. The second-order valence-corrected chi connectivity index (χ2v) is 15.8. The van der Waals surface area contributed by atoms with E-state index >= 15 is 0 Å². The third kappa shape index (κ3) is 4.24. The Morgan fingerprint density at radius 3 is 1.14 bits per heavy atom. The van der Waals surface area contributed by atoms with Gasteiger partial charge in [-0.1, -0.05) is 133 Å². The largest absolute Gasteiger partial charge is 0.135 e. The lowest BCUT2D eigenvalue weighted by atomic mass is 9.67. The van der Waals surface area contributed by atoms with E-state index in [0.29, 0.717) is 0 Å². The molecule has 0 bridgehead atoms. The van der Waals surface area contributed by atoms with E-state index in [9.17, 15) is 0 Å². The van der Waals surface area contributed by atoms with Crippen LogP contribution in [0.2, 0.25) is 0 Å². The molecular weight excluding hydrogens is 653 g/mol. The molecule has 2 aromatic heterocycles. The minimum absolute atomic E-state index is 0.489. The Bertz CT molecular complexity index is 2760. The van der Waals surface area contributed by atoms with Crippen molar-refractivity contribution in [2.45, 2.75) is 5.41 Å². The Hall–Kier alpha value is -5.80. The maximum Gasteiger partial charge on any atom is 0.0713 e. The van der Waals surface area contributed by atoms with Gasteiger partial charge in [0.05, 0.1) is 5.41 Å². The van der Waals surface area contributed by atoms with Crippen molar-refractivity contribution in [1.29, 1.82) is 0 Å². The first-order valence-corrected chi connectivity index (χ1v) is 19.1. The van der Waals surface area contributed by atoms with Crippen molar-refractivity contribution < 1.29 is 0 Å². The molecule has 238 valence electrons. The van der Waals surface area contributed by atoms with Crippen LogP contribution in [0.15, 0.2) is 182 Å². The minimum atomic E-state index is -0.489. The summed E-state index contributed by atoms with van der Waals surface area (Å²) >= 11 is 3.75. The summed E-state index contributed by atoms with van der Waals surface area (Å²) in [7, 11) is 0. The van der Waals surface area contributed by atoms with E-state index in [1.807, 2.05) is 22.7 Å². The summed E-state index contributed by atoms with van der Waals surface area (Å²) in [6.45, 7) is 0. The quantitative estimate of drug-likeness (QED) is 0.173. The van der Waals surface area contributed by atoms with Crippen LogP contribution in [0.5, 0.6) is 0 Å². The average molecular weight is 683 g/mol. The van der Waals surface area contributed by atoms with E-state index in [4.69, 9.17) is 0 Å². The molecular formula is C49H30S2. The molecule has 0 aliphatic heterocycles. The molecule has 10 aromatic rings. The lowest BCUT2D eigenvalue weighted by molar-refractivity contribution is 0.769. The normalized spacial score (nSPS) is 13.3. The van der Waals surface area contributed by atoms with Crippen LogP contribution in [0.3, 0.4) is 0 Å². The highest BCUT2D eigenvalue weighted by Gasteiger charge is 2.46. The summed E-state index contributed by atoms with van der Waals surface area (Å²) in [5, 5.41) is 5.32. The van der Waals surface area contributed by atoms with Crippen molar-refractivity contribution in [2.75, 3.05) is 0 Å². The molecule has 2 heterocycles. The third-order valence-electron chi connectivity index (χ3n) is 11.0. The molecule has 0 atom stereocenters. The van der Waals surface area contributed by atoms with Gasteiger partial charge in [-0.2, -0.15) is 0 Å². The van der Waals surface area contributed by atoms with Crippen molar-refractivity contribution in [3.8, 4) is 33.4 Å². The molecule has 8 aromatic carbocycles. The molecule has 51 heavy (non-hydrogen) atoms. The maximum atomic E-state index is 2.48. The van der Waals surface area contributed by atoms with Gasteiger partial charge in [-0.05, 0) is 104 Å². The molecule has 0 saturated heterocycles. The molecule has 0 spiro atoms. The molecule has 0 amide bonds.